The van der Waals surface area contributed by atoms with Gasteiger partial charge in [-0.1, -0.05) is 0 Å². The Morgan fingerprint density at radius 1 is 1.45 bits per heavy atom. The number of amides is 1. The van der Waals surface area contributed by atoms with Crippen molar-refractivity contribution in [3.05, 3.63) is 39.2 Å². The zero-order valence-corrected chi connectivity index (χ0v) is 12.9. The smallest absolute Gasteiger partial charge is 0.271 e. The SMILES string of the molecule is Cc1cc(C(C)NC(=O)c2csc(C(C)N)n2)c(C)o1. The first-order valence-corrected chi connectivity index (χ1v) is 7.35. The molecule has 2 unspecified atom stereocenters. The van der Waals surface area contributed by atoms with Crippen LogP contribution < -0.4 is 11.1 Å². The van der Waals surface area contributed by atoms with Crippen LogP contribution in [0.2, 0.25) is 0 Å². The molecular weight excluding hydrogens is 274 g/mol. The predicted octanol–water partition coefficient (Wildman–Crippen LogP) is 2.86. The summed E-state index contributed by atoms with van der Waals surface area (Å²) in [4.78, 5) is 16.4. The highest BCUT2D eigenvalue weighted by molar-refractivity contribution is 7.09. The Morgan fingerprint density at radius 3 is 2.65 bits per heavy atom. The van der Waals surface area contributed by atoms with Crippen LogP contribution in [0.5, 0.6) is 0 Å². The van der Waals surface area contributed by atoms with E-state index in [-0.39, 0.29) is 18.0 Å². The van der Waals surface area contributed by atoms with E-state index in [1.54, 1.807) is 5.38 Å². The molecule has 0 radical (unpaired) electrons. The summed E-state index contributed by atoms with van der Waals surface area (Å²) in [5, 5.41) is 5.42. The number of nitrogens with zero attached hydrogens (tertiary/aromatic N) is 1. The number of rotatable bonds is 4. The van der Waals surface area contributed by atoms with E-state index in [2.05, 4.69) is 10.3 Å². The number of carbonyl (C=O) groups excluding carboxylic acids is 1. The van der Waals surface area contributed by atoms with Crippen LogP contribution in [0.15, 0.2) is 15.9 Å². The molecule has 0 aliphatic rings. The van der Waals surface area contributed by atoms with Crippen LogP contribution in [0.25, 0.3) is 0 Å². The number of furan rings is 1. The van der Waals surface area contributed by atoms with Gasteiger partial charge in [-0.05, 0) is 33.8 Å². The average Bonchev–Trinajstić information content (AvgIpc) is 2.95. The maximum absolute atomic E-state index is 12.1. The zero-order chi connectivity index (χ0) is 14.9. The Kier molecular flexibility index (Phi) is 4.25. The molecule has 2 aromatic rings. The van der Waals surface area contributed by atoms with Crippen molar-refractivity contribution in [3.63, 3.8) is 0 Å². The lowest BCUT2D eigenvalue weighted by Gasteiger charge is -2.12. The molecule has 0 fully saturated rings. The van der Waals surface area contributed by atoms with Crippen molar-refractivity contribution in [3.8, 4) is 0 Å². The lowest BCUT2D eigenvalue weighted by atomic mass is 10.1. The number of carbonyl (C=O) groups is 1. The van der Waals surface area contributed by atoms with Gasteiger partial charge >= 0.3 is 0 Å². The van der Waals surface area contributed by atoms with Gasteiger partial charge in [-0.2, -0.15) is 0 Å². The average molecular weight is 293 g/mol. The summed E-state index contributed by atoms with van der Waals surface area (Å²) in [5.41, 5.74) is 7.14. The summed E-state index contributed by atoms with van der Waals surface area (Å²) in [6.07, 6.45) is 0. The van der Waals surface area contributed by atoms with Crippen LogP contribution in [0.1, 0.15) is 58.5 Å². The maximum Gasteiger partial charge on any atom is 0.271 e. The van der Waals surface area contributed by atoms with Gasteiger partial charge in [0.15, 0.2) is 0 Å². The molecule has 2 heterocycles. The van der Waals surface area contributed by atoms with Crippen molar-refractivity contribution >= 4 is 17.2 Å². The molecule has 5 nitrogen and oxygen atoms in total. The van der Waals surface area contributed by atoms with Crippen LogP contribution in [0, 0.1) is 13.8 Å². The Bertz CT molecular complexity index is 616. The van der Waals surface area contributed by atoms with Crippen LogP contribution in [-0.2, 0) is 0 Å². The highest BCUT2D eigenvalue weighted by Gasteiger charge is 2.18. The zero-order valence-electron chi connectivity index (χ0n) is 12.1. The van der Waals surface area contributed by atoms with E-state index in [4.69, 9.17) is 10.2 Å². The van der Waals surface area contributed by atoms with Gasteiger partial charge in [0.05, 0.1) is 12.1 Å². The van der Waals surface area contributed by atoms with E-state index >= 15 is 0 Å². The van der Waals surface area contributed by atoms with E-state index in [1.165, 1.54) is 11.3 Å². The molecule has 0 spiro atoms. The second-order valence-electron chi connectivity index (χ2n) is 4.92. The number of nitrogens with two attached hydrogens (primary N) is 1. The van der Waals surface area contributed by atoms with Gasteiger partial charge in [0.2, 0.25) is 0 Å². The lowest BCUT2D eigenvalue weighted by molar-refractivity contribution is 0.0935. The third-order valence-corrected chi connectivity index (χ3v) is 4.08. The first kappa shape index (κ1) is 14.7. The third-order valence-electron chi connectivity index (χ3n) is 3.04. The molecule has 2 atom stereocenters. The van der Waals surface area contributed by atoms with E-state index in [0.717, 1.165) is 22.1 Å². The molecule has 0 bridgehead atoms. The molecule has 0 saturated carbocycles. The summed E-state index contributed by atoms with van der Waals surface area (Å²) in [7, 11) is 0. The van der Waals surface area contributed by atoms with Gasteiger partial charge in [0.1, 0.15) is 22.2 Å². The second-order valence-corrected chi connectivity index (χ2v) is 5.81. The first-order chi connectivity index (χ1) is 9.38. The van der Waals surface area contributed by atoms with E-state index in [9.17, 15) is 4.79 Å². The molecule has 6 heteroatoms. The van der Waals surface area contributed by atoms with Gasteiger partial charge in [0, 0.05) is 10.9 Å². The van der Waals surface area contributed by atoms with Crippen LogP contribution in [0.4, 0.5) is 0 Å². The fourth-order valence-corrected chi connectivity index (χ4v) is 2.79. The lowest BCUT2D eigenvalue weighted by Crippen LogP contribution is -2.27. The summed E-state index contributed by atoms with van der Waals surface area (Å²) < 4.78 is 5.48. The fraction of sp³-hybridized carbons (Fsp3) is 0.429. The van der Waals surface area contributed by atoms with Crippen molar-refractivity contribution in [2.45, 2.75) is 39.8 Å². The number of nitrogens with one attached hydrogen (secondary N) is 1. The number of hydrogen-bond acceptors (Lipinski definition) is 5. The molecule has 0 aliphatic heterocycles. The Balaban J connectivity index is 2.08. The van der Waals surface area contributed by atoms with Crippen molar-refractivity contribution < 1.29 is 9.21 Å². The second kappa shape index (κ2) is 5.76. The molecule has 2 aromatic heterocycles. The third kappa shape index (κ3) is 3.08. The minimum Gasteiger partial charge on any atom is -0.466 e. The molecule has 1 amide bonds. The van der Waals surface area contributed by atoms with Gasteiger partial charge in [-0.3, -0.25) is 4.79 Å². The summed E-state index contributed by atoms with van der Waals surface area (Å²) in [5.74, 6) is 1.47. The summed E-state index contributed by atoms with van der Waals surface area (Å²) in [6.45, 7) is 7.55. The van der Waals surface area contributed by atoms with Gasteiger partial charge < -0.3 is 15.5 Å². The highest BCUT2D eigenvalue weighted by atomic mass is 32.1. The summed E-state index contributed by atoms with van der Waals surface area (Å²) in [6, 6.07) is 1.66. The normalized spacial score (nSPS) is 14.1. The minimum absolute atomic E-state index is 0.125. The van der Waals surface area contributed by atoms with Crippen molar-refractivity contribution in [2.24, 2.45) is 5.73 Å². The molecule has 0 saturated heterocycles. The van der Waals surface area contributed by atoms with Crippen LogP contribution >= 0.6 is 11.3 Å². The van der Waals surface area contributed by atoms with Crippen molar-refractivity contribution in [1.82, 2.24) is 10.3 Å². The Hall–Kier alpha value is -1.66. The molecule has 0 aromatic carbocycles. The fourth-order valence-electron chi connectivity index (χ4n) is 2.03. The van der Waals surface area contributed by atoms with Gasteiger partial charge in [-0.25, -0.2) is 4.98 Å². The van der Waals surface area contributed by atoms with E-state index in [0.29, 0.717) is 5.69 Å². The van der Waals surface area contributed by atoms with Gasteiger partial charge in [-0.15, -0.1) is 11.3 Å². The largest absolute Gasteiger partial charge is 0.466 e. The summed E-state index contributed by atoms with van der Waals surface area (Å²) >= 11 is 1.40. The Morgan fingerprint density at radius 2 is 2.15 bits per heavy atom. The highest BCUT2D eigenvalue weighted by Crippen LogP contribution is 2.22. The molecule has 108 valence electrons. The number of hydrogen-bond donors (Lipinski definition) is 2. The minimum atomic E-state index is -0.195. The molecule has 2 rings (SSSR count). The number of aryl methyl sites for hydroxylation is 2. The predicted molar refractivity (Wildman–Crippen MR) is 78.8 cm³/mol. The quantitative estimate of drug-likeness (QED) is 0.908. The first-order valence-electron chi connectivity index (χ1n) is 6.47. The van der Waals surface area contributed by atoms with Crippen LogP contribution in [-0.4, -0.2) is 10.9 Å². The Labute approximate surface area is 122 Å². The number of thiazole rings is 1. The number of aromatic nitrogens is 1. The molecule has 0 aliphatic carbocycles. The van der Waals surface area contributed by atoms with Gasteiger partial charge in [0.25, 0.3) is 5.91 Å². The maximum atomic E-state index is 12.1. The standard InChI is InChI=1S/C14H19N3O2S/c1-7-5-11(10(4)19-7)9(3)16-13(18)12-6-20-14(17-12)8(2)15/h5-6,8-9H,15H2,1-4H3,(H,16,18). The monoisotopic (exact) mass is 293 g/mol. The van der Waals surface area contributed by atoms with Crippen LogP contribution in [0.3, 0.4) is 0 Å². The molecule has 3 N–H and O–H groups in total. The van der Waals surface area contributed by atoms with E-state index in [1.807, 2.05) is 33.8 Å². The topological polar surface area (TPSA) is 81.2 Å². The molecular formula is C14H19N3O2S. The van der Waals surface area contributed by atoms with E-state index < -0.39 is 0 Å². The van der Waals surface area contributed by atoms with Crippen molar-refractivity contribution in [2.75, 3.05) is 0 Å². The molecule has 20 heavy (non-hydrogen) atoms. The van der Waals surface area contributed by atoms with Crippen molar-refractivity contribution in [1.29, 1.82) is 0 Å².